The van der Waals surface area contributed by atoms with Gasteiger partial charge in [-0.3, -0.25) is 4.79 Å². The average molecular weight is 236 g/mol. The Morgan fingerprint density at radius 2 is 2.43 bits per heavy atom. The summed E-state index contributed by atoms with van der Waals surface area (Å²) in [6.07, 6.45) is 1.38. The van der Waals surface area contributed by atoms with Crippen molar-refractivity contribution in [2.24, 2.45) is 5.92 Å². The summed E-state index contributed by atoms with van der Waals surface area (Å²) in [5, 5.41) is 2.82. The minimum absolute atomic E-state index is 0.112. The Morgan fingerprint density at radius 3 is 2.93 bits per heavy atom. The van der Waals surface area contributed by atoms with E-state index in [4.69, 9.17) is 27.6 Å². The molecule has 0 aromatic carbocycles. The normalized spacial score (nSPS) is 12.5. The molecule has 5 heteroatoms. The molecule has 0 spiro atoms. The third kappa shape index (κ3) is 2.93. The number of hydrogen-bond acceptors (Lipinski definition) is 2. The average Bonchev–Trinajstić information content (AvgIpc) is 2.60. The van der Waals surface area contributed by atoms with Gasteiger partial charge in [0.25, 0.3) is 5.91 Å². The lowest BCUT2D eigenvalue weighted by atomic mass is 10.2. The van der Waals surface area contributed by atoms with E-state index in [1.807, 2.05) is 6.92 Å². The number of halogens is 2. The molecular formula is C9H11Cl2NO2. The highest BCUT2D eigenvalue weighted by Crippen LogP contribution is 2.16. The third-order valence-corrected chi connectivity index (χ3v) is 2.56. The predicted molar refractivity (Wildman–Crippen MR) is 55.9 cm³/mol. The molecule has 1 amide bonds. The van der Waals surface area contributed by atoms with Crippen LogP contribution in [-0.2, 0) is 0 Å². The van der Waals surface area contributed by atoms with E-state index in [1.165, 1.54) is 12.3 Å². The minimum atomic E-state index is -0.235. The fraction of sp³-hybridized carbons (Fsp3) is 0.444. The highest BCUT2D eigenvalue weighted by Gasteiger charge is 2.12. The second kappa shape index (κ2) is 5.27. The van der Waals surface area contributed by atoms with Crippen LogP contribution < -0.4 is 5.32 Å². The molecule has 0 aliphatic carbocycles. The Hall–Kier alpha value is -0.670. The second-order valence-electron chi connectivity index (χ2n) is 3.08. The minimum Gasteiger partial charge on any atom is -0.452 e. The van der Waals surface area contributed by atoms with Gasteiger partial charge in [0.05, 0.1) is 11.8 Å². The van der Waals surface area contributed by atoms with Gasteiger partial charge in [0, 0.05) is 12.4 Å². The number of carbonyl (C=O) groups is 1. The quantitative estimate of drug-likeness (QED) is 0.816. The number of alkyl halides is 1. The maximum atomic E-state index is 11.4. The summed E-state index contributed by atoms with van der Waals surface area (Å²) in [7, 11) is 0. The zero-order valence-corrected chi connectivity index (χ0v) is 9.23. The van der Waals surface area contributed by atoms with Gasteiger partial charge >= 0.3 is 0 Å². The van der Waals surface area contributed by atoms with Crippen LogP contribution >= 0.6 is 23.2 Å². The second-order valence-corrected chi connectivity index (χ2v) is 3.73. The molecule has 1 atom stereocenters. The van der Waals surface area contributed by atoms with E-state index >= 15 is 0 Å². The molecule has 0 aliphatic rings. The number of rotatable bonds is 4. The first-order chi connectivity index (χ1) is 6.65. The molecule has 0 saturated carbocycles. The Kier molecular flexibility index (Phi) is 4.29. The van der Waals surface area contributed by atoms with Gasteiger partial charge < -0.3 is 9.73 Å². The Balaban J connectivity index is 2.47. The molecule has 1 unspecified atom stereocenters. The van der Waals surface area contributed by atoms with Crippen molar-refractivity contribution in [3.8, 4) is 0 Å². The highest BCUT2D eigenvalue weighted by atomic mass is 35.5. The van der Waals surface area contributed by atoms with Gasteiger partial charge in [-0.05, 0) is 23.6 Å². The number of amides is 1. The van der Waals surface area contributed by atoms with E-state index in [2.05, 4.69) is 5.32 Å². The van der Waals surface area contributed by atoms with Crippen LogP contribution in [0.3, 0.4) is 0 Å². The van der Waals surface area contributed by atoms with Crippen molar-refractivity contribution in [1.82, 2.24) is 5.32 Å². The standard InChI is InChI=1S/C9H11Cl2NO2/c1-6(4-10)5-12-9(13)7-2-3-14-8(7)11/h2-3,6H,4-5H2,1H3,(H,12,13). The molecule has 1 rings (SSSR count). The first kappa shape index (κ1) is 11.4. The first-order valence-corrected chi connectivity index (χ1v) is 5.13. The summed E-state index contributed by atoms with van der Waals surface area (Å²) in [5.41, 5.74) is 0.355. The van der Waals surface area contributed by atoms with Crippen LogP contribution in [0, 0.1) is 5.92 Å². The fourth-order valence-corrected chi connectivity index (χ4v) is 1.18. The van der Waals surface area contributed by atoms with Crippen molar-refractivity contribution in [1.29, 1.82) is 0 Å². The van der Waals surface area contributed by atoms with Crippen LogP contribution in [0.1, 0.15) is 17.3 Å². The van der Waals surface area contributed by atoms with E-state index in [-0.39, 0.29) is 17.0 Å². The summed E-state index contributed by atoms with van der Waals surface area (Å²) in [6, 6.07) is 1.53. The molecule has 1 aromatic rings. The molecule has 3 nitrogen and oxygen atoms in total. The summed E-state index contributed by atoms with van der Waals surface area (Å²) >= 11 is 11.2. The summed E-state index contributed by atoms with van der Waals surface area (Å²) in [6.45, 7) is 2.48. The van der Waals surface area contributed by atoms with Crippen LogP contribution in [0.4, 0.5) is 0 Å². The summed E-state index contributed by atoms with van der Waals surface area (Å²) < 4.78 is 4.80. The van der Waals surface area contributed by atoms with Crippen molar-refractivity contribution in [3.63, 3.8) is 0 Å². The molecule has 14 heavy (non-hydrogen) atoms. The fourth-order valence-electron chi connectivity index (χ4n) is 0.872. The monoisotopic (exact) mass is 235 g/mol. The van der Waals surface area contributed by atoms with Gasteiger partial charge in [0.1, 0.15) is 0 Å². The molecule has 0 bridgehead atoms. The smallest absolute Gasteiger partial charge is 0.256 e. The number of hydrogen-bond donors (Lipinski definition) is 1. The topological polar surface area (TPSA) is 42.2 Å². The predicted octanol–water partition coefficient (Wildman–Crippen LogP) is 2.54. The molecule has 1 heterocycles. The zero-order valence-electron chi connectivity index (χ0n) is 7.72. The number of furan rings is 1. The van der Waals surface area contributed by atoms with Crippen LogP contribution in [0.5, 0.6) is 0 Å². The molecule has 0 aliphatic heterocycles. The number of nitrogens with one attached hydrogen (secondary N) is 1. The maximum absolute atomic E-state index is 11.4. The van der Waals surface area contributed by atoms with Crippen LogP contribution in [0.15, 0.2) is 16.7 Å². The van der Waals surface area contributed by atoms with Crippen molar-refractivity contribution < 1.29 is 9.21 Å². The van der Waals surface area contributed by atoms with Gasteiger partial charge in [0.2, 0.25) is 5.22 Å². The van der Waals surface area contributed by atoms with Crippen molar-refractivity contribution in [3.05, 3.63) is 23.1 Å². The van der Waals surface area contributed by atoms with Crippen LogP contribution in [0.2, 0.25) is 5.22 Å². The molecule has 1 aromatic heterocycles. The van der Waals surface area contributed by atoms with E-state index in [1.54, 1.807) is 0 Å². The van der Waals surface area contributed by atoms with Gasteiger partial charge in [-0.25, -0.2) is 0 Å². The van der Waals surface area contributed by atoms with Crippen molar-refractivity contribution in [2.75, 3.05) is 12.4 Å². The molecule has 0 radical (unpaired) electrons. The zero-order chi connectivity index (χ0) is 10.6. The van der Waals surface area contributed by atoms with Crippen LogP contribution in [0.25, 0.3) is 0 Å². The SMILES string of the molecule is CC(CCl)CNC(=O)c1ccoc1Cl. The Morgan fingerprint density at radius 1 is 1.71 bits per heavy atom. The Labute approximate surface area is 92.4 Å². The summed E-state index contributed by atoms with van der Waals surface area (Å²) in [4.78, 5) is 11.4. The summed E-state index contributed by atoms with van der Waals surface area (Å²) in [5.74, 6) is 0.520. The van der Waals surface area contributed by atoms with Gasteiger partial charge in [0.15, 0.2) is 0 Å². The largest absolute Gasteiger partial charge is 0.452 e. The highest BCUT2D eigenvalue weighted by molar-refractivity contribution is 6.32. The third-order valence-electron chi connectivity index (χ3n) is 1.74. The van der Waals surface area contributed by atoms with E-state index in [0.717, 1.165) is 0 Å². The Bertz CT molecular complexity index is 312. The van der Waals surface area contributed by atoms with E-state index in [0.29, 0.717) is 18.0 Å². The molecular weight excluding hydrogens is 225 g/mol. The van der Waals surface area contributed by atoms with E-state index < -0.39 is 0 Å². The molecule has 1 N–H and O–H groups in total. The van der Waals surface area contributed by atoms with E-state index in [9.17, 15) is 4.79 Å². The lowest BCUT2D eigenvalue weighted by molar-refractivity contribution is 0.0949. The van der Waals surface area contributed by atoms with Crippen LogP contribution in [-0.4, -0.2) is 18.3 Å². The lowest BCUT2D eigenvalue weighted by Crippen LogP contribution is -2.28. The van der Waals surface area contributed by atoms with Gasteiger partial charge in [-0.1, -0.05) is 6.92 Å². The van der Waals surface area contributed by atoms with Crippen molar-refractivity contribution >= 4 is 29.1 Å². The molecule has 0 saturated heterocycles. The first-order valence-electron chi connectivity index (χ1n) is 4.22. The van der Waals surface area contributed by atoms with Crippen molar-refractivity contribution in [2.45, 2.75) is 6.92 Å². The van der Waals surface area contributed by atoms with Gasteiger partial charge in [-0.2, -0.15) is 0 Å². The molecule has 0 fully saturated rings. The molecule has 78 valence electrons. The maximum Gasteiger partial charge on any atom is 0.256 e. The van der Waals surface area contributed by atoms with Gasteiger partial charge in [-0.15, -0.1) is 11.6 Å². The lowest BCUT2D eigenvalue weighted by Gasteiger charge is -2.08. The number of carbonyl (C=O) groups excluding carboxylic acids is 1.